The van der Waals surface area contributed by atoms with Gasteiger partial charge in [-0.2, -0.15) is 4.99 Å². The number of nitrogens with one attached hydrogen (secondary N) is 1. The summed E-state index contributed by atoms with van der Waals surface area (Å²) in [5, 5.41) is 2.34. The second-order valence-corrected chi connectivity index (χ2v) is 1.51. The van der Waals surface area contributed by atoms with Gasteiger partial charge in [0.05, 0.1) is 0 Å². The van der Waals surface area contributed by atoms with Crippen molar-refractivity contribution in [3.05, 3.63) is 0 Å². The summed E-state index contributed by atoms with van der Waals surface area (Å²) in [6, 6.07) is -0.618. The topological polar surface area (TPSA) is 58.5 Å². The molecule has 0 heterocycles. The van der Waals surface area contributed by atoms with Crippen LogP contribution >= 0.6 is 0 Å². The average Bonchev–Trinajstić information content (AvgIpc) is 1.87. The van der Waals surface area contributed by atoms with Crippen LogP contribution in [-0.4, -0.2) is 25.1 Å². The lowest BCUT2D eigenvalue weighted by atomic mass is 10.3. The fourth-order valence-corrected chi connectivity index (χ4v) is 0.347. The van der Waals surface area contributed by atoms with Crippen LogP contribution in [0.1, 0.15) is 6.92 Å². The third-order valence-electron chi connectivity index (χ3n) is 0.872. The van der Waals surface area contributed by atoms with Crippen molar-refractivity contribution in [3.63, 3.8) is 0 Å². The van der Waals surface area contributed by atoms with Crippen LogP contribution in [0.5, 0.6) is 0 Å². The molecule has 0 fully saturated rings. The van der Waals surface area contributed by atoms with Crippen molar-refractivity contribution >= 4 is 12.0 Å². The Hall–Kier alpha value is -1.15. The summed E-state index contributed by atoms with van der Waals surface area (Å²) in [7, 11) is 1.49. The second-order valence-electron chi connectivity index (χ2n) is 1.51. The number of aliphatic imine (C=N–C) groups is 1. The average molecular weight is 128 g/mol. The zero-order chi connectivity index (χ0) is 7.28. The van der Waals surface area contributed by atoms with E-state index in [1.165, 1.54) is 20.1 Å². The molecule has 0 rings (SSSR count). The van der Waals surface area contributed by atoms with Gasteiger partial charge in [0.25, 0.3) is 0 Å². The minimum absolute atomic E-state index is 0.279. The van der Waals surface area contributed by atoms with Crippen LogP contribution in [0.3, 0.4) is 0 Å². The first-order valence-corrected chi connectivity index (χ1v) is 2.51. The van der Waals surface area contributed by atoms with Crippen LogP contribution < -0.4 is 5.32 Å². The van der Waals surface area contributed by atoms with E-state index in [0.29, 0.717) is 0 Å². The van der Waals surface area contributed by atoms with E-state index >= 15 is 0 Å². The highest BCUT2D eigenvalue weighted by atomic mass is 16.2. The number of hydrogen-bond donors (Lipinski definition) is 1. The normalized spacial score (nSPS) is 11.3. The number of likely N-dealkylation sites (N-methyl/N-ethyl adjacent to an activating group) is 1. The van der Waals surface area contributed by atoms with Gasteiger partial charge in [0, 0.05) is 7.05 Å². The summed E-state index contributed by atoms with van der Waals surface area (Å²) in [4.78, 5) is 23.3. The molecule has 1 N–H and O–H groups in total. The highest BCUT2D eigenvalue weighted by Gasteiger charge is 2.06. The molecule has 0 radical (unpaired) electrons. The number of hydrogen-bond acceptors (Lipinski definition) is 3. The molecular formula is C5H8N2O2. The van der Waals surface area contributed by atoms with Crippen LogP contribution in [0.15, 0.2) is 4.99 Å². The smallest absolute Gasteiger partial charge is 0.245 e. The zero-order valence-corrected chi connectivity index (χ0v) is 5.34. The van der Waals surface area contributed by atoms with Crippen molar-refractivity contribution in [2.75, 3.05) is 7.05 Å². The zero-order valence-electron chi connectivity index (χ0n) is 5.34. The molecule has 0 aliphatic rings. The number of amides is 1. The lowest BCUT2D eigenvalue weighted by Gasteiger charge is -1.98. The molecule has 0 aromatic rings. The third-order valence-corrected chi connectivity index (χ3v) is 0.872. The maximum atomic E-state index is 10.5. The van der Waals surface area contributed by atoms with E-state index in [1.54, 1.807) is 0 Å². The molecule has 1 amide bonds. The summed E-state index contributed by atoms with van der Waals surface area (Å²) < 4.78 is 0. The molecule has 0 aliphatic heterocycles. The first-order chi connectivity index (χ1) is 4.22. The van der Waals surface area contributed by atoms with Crippen molar-refractivity contribution in [2.24, 2.45) is 4.99 Å². The minimum atomic E-state index is -0.618. The molecule has 0 saturated carbocycles. The van der Waals surface area contributed by atoms with Crippen LogP contribution in [-0.2, 0) is 9.59 Å². The summed E-state index contributed by atoms with van der Waals surface area (Å²) in [6.07, 6.45) is 1.30. The Balaban J connectivity index is 3.87. The number of carbonyl (C=O) groups is 1. The van der Waals surface area contributed by atoms with Crippen molar-refractivity contribution < 1.29 is 9.59 Å². The Morgan fingerprint density at radius 3 is 2.67 bits per heavy atom. The highest BCUT2D eigenvalue weighted by molar-refractivity contribution is 5.81. The number of nitrogens with zero attached hydrogens (tertiary/aromatic N) is 1. The fourth-order valence-electron chi connectivity index (χ4n) is 0.347. The Bertz CT molecular complexity index is 149. The van der Waals surface area contributed by atoms with Gasteiger partial charge in [-0.15, -0.1) is 0 Å². The van der Waals surface area contributed by atoms with Gasteiger partial charge in [-0.25, -0.2) is 4.79 Å². The first kappa shape index (κ1) is 7.85. The minimum Gasteiger partial charge on any atom is -0.357 e. The molecule has 0 spiro atoms. The van der Waals surface area contributed by atoms with E-state index < -0.39 is 6.04 Å². The summed E-state index contributed by atoms with van der Waals surface area (Å²) >= 11 is 0. The largest absolute Gasteiger partial charge is 0.357 e. The predicted octanol–water partition coefficient (Wildman–Crippen LogP) is -0.543. The van der Waals surface area contributed by atoms with Crippen LogP contribution in [0.25, 0.3) is 0 Å². The Kier molecular flexibility index (Phi) is 3.32. The van der Waals surface area contributed by atoms with E-state index in [-0.39, 0.29) is 5.91 Å². The van der Waals surface area contributed by atoms with Gasteiger partial charge >= 0.3 is 0 Å². The van der Waals surface area contributed by atoms with E-state index in [1.807, 2.05) is 0 Å². The number of rotatable bonds is 2. The molecular weight excluding hydrogens is 120 g/mol. The van der Waals surface area contributed by atoms with Gasteiger partial charge in [-0.3, -0.25) is 4.79 Å². The molecule has 0 aromatic carbocycles. The Labute approximate surface area is 53.0 Å². The van der Waals surface area contributed by atoms with Crippen LogP contribution in [0.2, 0.25) is 0 Å². The van der Waals surface area contributed by atoms with Gasteiger partial charge in [0.15, 0.2) is 0 Å². The summed E-state index contributed by atoms with van der Waals surface area (Å²) in [5.74, 6) is -0.279. The highest BCUT2D eigenvalue weighted by Crippen LogP contribution is 1.84. The molecule has 4 heteroatoms. The molecule has 4 nitrogen and oxygen atoms in total. The van der Waals surface area contributed by atoms with Gasteiger partial charge in [0.1, 0.15) is 6.04 Å². The molecule has 0 saturated heterocycles. The number of isocyanates is 1. The molecule has 0 aromatic heterocycles. The van der Waals surface area contributed by atoms with Crippen LogP contribution in [0.4, 0.5) is 0 Å². The fraction of sp³-hybridized carbons (Fsp3) is 0.600. The van der Waals surface area contributed by atoms with E-state index in [9.17, 15) is 9.59 Å². The lowest BCUT2D eigenvalue weighted by molar-refractivity contribution is -0.121. The van der Waals surface area contributed by atoms with Gasteiger partial charge in [-0.1, -0.05) is 0 Å². The third kappa shape index (κ3) is 2.61. The Morgan fingerprint density at radius 1 is 1.78 bits per heavy atom. The van der Waals surface area contributed by atoms with Crippen molar-refractivity contribution in [3.8, 4) is 0 Å². The van der Waals surface area contributed by atoms with Gasteiger partial charge in [0.2, 0.25) is 12.0 Å². The molecule has 1 atom stereocenters. The molecule has 1 unspecified atom stereocenters. The molecule has 0 aliphatic carbocycles. The summed E-state index contributed by atoms with van der Waals surface area (Å²) in [6.45, 7) is 1.52. The van der Waals surface area contributed by atoms with Crippen molar-refractivity contribution in [1.29, 1.82) is 0 Å². The first-order valence-electron chi connectivity index (χ1n) is 2.51. The lowest BCUT2D eigenvalue weighted by Crippen LogP contribution is -2.27. The van der Waals surface area contributed by atoms with Crippen molar-refractivity contribution in [1.82, 2.24) is 5.32 Å². The summed E-state index contributed by atoms with van der Waals surface area (Å²) in [5.41, 5.74) is 0. The molecule has 9 heavy (non-hydrogen) atoms. The Morgan fingerprint density at radius 2 is 2.33 bits per heavy atom. The SMILES string of the molecule is CNC(=O)C(C)N=C=O. The molecule has 0 bridgehead atoms. The standard InChI is InChI=1S/C5H8N2O2/c1-4(7-3-8)5(9)6-2/h4H,1-2H3,(H,6,9). The maximum Gasteiger partial charge on any atom is 0.245 e. The predicted molar refractivity (Wildman–Crippen MR) is 31.7 cm³/mol. The van der Waals surface area contributed by atoms with Gasteiger partial charge in [-0.05, 0) is 6.92 Å². The van der Waals surface area contributed by atoms with Crippen LogP contribution in [0, 0.1) is 0 Å². The van der Waals surface area contributed by atoms with Crippen molar-refractivity contribution in [2.45, 2.75) is 13.0 Å². The molecule has 50 valence electrons. The van der Waals surface area contributed by atoms with E-state index in [4.69, 9.17) is 0 Å². The van der Waals surface area contributed by atoms with E-state index in [0.717, 1.165) is 0 Å². The quantitative estimate of drug-likeness (QED) is 0.401. The monoisotopic (exact) mass is 128 g/mol. The van der Waals surface area contributed by atoms with E-state index in [2.05, 4.69) is 10.3 Å². The maximum absolute atomic E-state index is 10.5. The second kappa shape index (κ2) is 3.80. The van der Waals surface area contributed by atoms with Gasteiger partial charge < -0.3 is 5.32 Å². The number of carbonyl (C=O) groups excluding carboxylic acids is 2.